The molecular weight excluding hydrogens is 452 g/mol. The van der Waals surface area contributed by atoms with Gasteiger partial charge in [0.15, 0.2) is 0 Å². The summed E-state index contributed by atoms with van der Waals surface area (Å²) in [7, 11) is 0. The van der Waals surface area contributed by atoms with Gasteiger partial charge in [-0.05, 0) is 40.5 Å². The number of hydrogen-bond donors (Lipinski definition) is 0. The van der Waals surface area contributed by atoms with E-state index in [0.29, 0.717) is 13.2 Å². The van der Waals surface area contributed by atoms with E-state index in [0.717, 1.165) is 25.7 Å². The minimum Gasteiger partial charge on any atom is -0.465 e. The Bertz CT molecular complexity index is 348. The van der Waals surface area contributed by atoms with Crippen molar-refractivity contribution in [1.82, 2.24) is 0 Å². The van der Waals surface area contributed by atoms with E-state index >= 15 is 0 Å². The van der Waals surface area contributed by atoms with E-state index in [2.05, 4.69) is 31.9 Å². The Kier molecular flexibility index (Phi) is 13.1. The summed E-state index contributed by atoms with van der Waals surface area (Å²) in [4.78, 5) is 23.1. The summed E-state index contributed by atoms with van der Waals surface area (Å²) < 4.78 is 9.23. The molecule has 0 amide bonds. The SMILES string of the molecule is CC(C)(Br)C(=O)OCCCCCCCCCCCOC(=O)C(C)(C)Br. The summed E-state index contributed by atoms with van der Waals surface area (Å²) >= 11 is 6.58. The molecule has 0 rings (SSSR count). The Morgan fingerprint density at radius 1 is 0.600 bits per heavy atom. The first-order valence-corrected chi connectivity index (χ1v) is 10.9. The number of ether oxygens (including phenoxy) is 2. The van der Waals surface area contributed by atoms with Crippen LogP contribution in [-0.4, -0.2) is 33.8 Å². The van der Waals surface area contributed by atoms with Crippen molar-refractivity contribution < 1.29 is 19.1 Å². The van der Waals surface area contributed by atoms with Crippen LogP contribution in [0.3, 0.4) is 0 Å². The van der Waals surface area contributed by atoms with Crippen molar-refractivity contribution in [2.75, 3.05) is 13.2 Å². The number of carbonyl (C=O) groups is 2. The molecule has 0 unspecified atom stereocenters. The summed E-state index contributed by atoms with van der Waals surface area (Å²) in [6.45, 7) is 8.20. The van der Waals surface area contributed by atoms with Crippen molar-refractivity contribution in [3.05, 3.63) is 0 Å². The van der Waals surface area contributed by atoms with Gasteiger partial charge in [0, 0.05) is 0 Å². The highest BCUT2D eigenvalue weighted by Crippen LogP contribution is 2.18. The predicted molar refractivity (Wildman–Crippen MR) is 109 cm³/mol. The molecule has 0 aromatic rings. The van der Waals surface area contributed by atoms with E-state index in [4.69, 9.17) is 9.47 Å². The van der Waals surface area contributed by atoms with E-state index in [1.165, 1.54) is 32.1 Å². The van der Waals surface area contributed by atoms with Gasteiger partial charge in [-0.25, -0.2) is 0 Å². The lowest BCUT2D eigenvalue weighted by molar-refractivity contribution is -0.146. The second-order valence-electron chi connectivity index (χ2n) is 7.40. The lowest BCUT2D eigenvalue weighted by atomic mass is 10.1. The second kappa shape index (κ2) is 13.1. The molecule has 6 heteroatoms. The Labute approximate surface area is 170 Å². The molecule has 0 atom stereocenters. The van der Waals surface area contributed by atoms with E-state index in [-0.39, 0.29) is 11.9 Å². The maximum atomic E-state index is 11.5. The number of rotatable bonds is 14. The van der Waals surface area contributed by atoms with Crippen LogP contribution >= 0.6 is 31.9 Å². The summed E-state index contributed by atoms with van der Waals surface area (Å²) in [5.41, 5.74) is 0. The Morgan fingerprint density at radius 3 is 1.08 bits per heavy atom. The third-order valence-corrected chi connectivity index (χ3v) is 4.37. The van der Waals surface area contributed by atoms with Crippen molar-refractivity contribution in [2.45, 2.75) is 94.1 Å². The molecule has 0 spiro atoms. The smallest absolute Gasteiger partial charge is 0.322 e. The maximum Gasteiger partial charge on any atom is 0.322 e. The van der Waals surface area contributed by atoms with Crippen LogP contribution in [0.4, 0.5) is 0 Å². The normalized spacial score (nSPS) is 12.1. The quantitative estimate of drug-likeness (QED) is 0.174. The van der Waals surface area contributed by atoms with Gasteiger partial charge in [0.2, 0.25) is 0 Å². The number of alkyl halides is 2. The fraction of sp³-hybridized carbons (Fsp3) is 0.895. The summed E-state index contributed by atoms with van der Waals surface area (Å²) in [5, 5.41) is 0. The summed E-state index contributed by atoms with van der Waals surface area (Å²) in [5.74, 6) is -0.393. The molecule has 0 fully saturated rings. The topological polar surface area (TPSA) is 52.6 Å². The van der Waals surface area contributed by atoms with Gasteiger partial charge in [0.1, 0.15) is 8.65 Å². The third-order valence-electron chi connectivity index (χ3n) is 3.73. The molecule has 0 aliphatic heterocycles. The molecule has 4 nitrogen and oxygen atoms in total. The molecule has 0 saturated heterocycles. The number of carbonyl (C=O) groups excluding carboxylic acids is 2. The monoisotopic (exact) mass is 484 g/mol. The minimum atomic E-state index is -0.588. The fourth-order valence-corrected chi connectivity index (χ4v) is 2.34. The zero-order valence-corrected chi connectivity index (χ0v) is 19.3. The Hall–Kier alpha value is -0.100. The van der Waals surface area contributed by atoms with Gasteiger partial charge >= 0.3 is 11.9 Å². The van der Waals surface area contributed by atoms with Crippen LogP contribution in [0.25, 0.3) is 0 Å². The Morgan fingerprint density at radius 2 is 0.840 bits per heavy atom. The molecule has 148 valence electrons. The van der Waals surface area contributed by atoms with Crippen LogP contribution in [0.2, 0.25) is 0 Å². The largest absolute Gasteiger partial charge is 0.465 e. The van der Waals surface area contributed by atoms with E-state index in [1.54, 1.807) is 27.7 Å². The molecule has 0 saturated carbocycles. The molecular formula is C19H34Br2O4. The first-order valence-electron chi connectivity index (χ1n) is 9.27. The lowest BCUT2D eigenvalue weighted by Gasteiger charge is -2.14. The van der Waals surface area contributed by atoms with E-state index < -0.39 is 8.65 Å². The average Bonchev–Trinajstić information content (AvgIpc) is 2.49. The van der Waals surface area contributed by atoms with Crippen LogP contribution in [-0.2, 0) is 19.1 Å². The third kappa shape index (κ3) is 14.7. The number of unbranched alkanes of at least 4 members (excludes halogenated alkanes) is 8. The van der Waals surface area contributed by atoms with Gasteiger partial charge in [-0.3, -0.25) is 9.59 Å². The van der Waals surface area contributed by atoms with Crippen molar-refractivity contribution in [1.29, 1.82) is 0 Å². The van der Waals surface area contributed by atoms with Gasteiger partial charge < -0.3 is 9.47 Å². The van der Waals surface area contributed by atoms with Crippen molar-refractivity contribution in [2.24, 2.45) is 0 Å². The van der Waals surface area contributed by atoms with Crippen LogP contribution < -0.4 is 0 Å². The van der Waals surface area contributed by atoms with Crippen molar-refractivity contribution >= 4 is 43.8 Å². The zero-order chi connectivity index (χ0) is 19.3. The Balaban J connectivity index is 3.30. The maximum absolute atomic E-state index is 11.5. The number of halogens is 2. The first-order chi connectivity index (χ1) is 11.5. The molecule has 0 radical (unpaired) electrons. The van der Waals surface area contributed by atoms with Gasteiger partial charge in [0.25, 0.3) is 0 Å². The molecule has 0 N–H and O–H groups in total. The van der Waals surface area contributed by atoms with Gasteiger partial charge in [-0.1, -0.05) is 76.8 Å². The molecule has 0 bridgehead atoms. The highest BCUT2D eigenvalue weighted by Gasteiger charge is 2.25. The van der Waals surface area contributed by atoms with E-state index in [1.807, 2.05) is 0 Å². The minimum absolute atomic E-state index is 0.196. The van der Waals surface area contributed by atoms with E-state index in [9.17, 15) is 9.59 Å². The van der Waals surface area contributed by atoms with Crippen LogP contribution in [0, 0.1) is 0 Å². The lowest BCUT2D eigenvalue weighted by Crippen LogP contribution is -2.26. The zero-order valence-electron chi connectivity index (χ0n) is 16.2. The number of hydrogen-bond acceptors (Lipinski definition) is 4. The first kappa shape index (κ1) is 24.9. The fourth-order valence-electron chi connectivity index (χ4n) is 2.11. The molecule has 0 aliphatic carbocycles. The standard InChI is InChI=1S/C19H34Br2O4/c1-18(2,20)16(22)24-14-12-10-8-6-5-7-9-11-13-15-25-17(23)19(3,4)21/h5-15H2,1-4H3. The molecule has 0 aromatic carbocycles. The molecule has 0 heterocycles. The van der Waals surface area contributed by atoms with Crippen LogP contribution in [0.1, 0.15) is 85.5 Å². The summed E-state index contributed by atoms with van der Waals surface area (Å²) in [6.07, 6.45) is 10.1. The van der Waals surface area contributed by atoms with Crippen LogP contribution in [0.15, 0.2) is 0 Å². The second-order valence-corrected chi connectivity index (χ2v) is 11.4. The van der Waals surface area contributed by atoms with Gasteiger partial charge in [-0.15, -0.1) is 0 Å². The van der Waals surface area contributed by atoms with Crippen LogP contribution in [0.5, 0.6) is 0 Å². The van der Waals surface area contributed by atoms with Gasteiger partial charge in [-0.2, -0.15) is 0 Å². The van der Waals surface area contributed by atoms with Crippen molar-refractivity contribution in [3.8, 4) is 0 Å². The van der Waals surface area contributed by atoms with Gasteiger partial charge in [0.05, 0.1) is 13.2 Å². The number of esters is 2. The average molecular weight is 486 g/mol. The highest BCUT2D eigenvalue weighted by molar-refractivity contribution is 9.10. The van der Waals surface area contributed by atoms with Crippen molar-refractivity contribution in [3.63, 3.8) is 0 Å². The highest BCUT2D eigenvalue weighted by atomic mass is 79.9. The molecule has 25 heavy (non-hydrogen) atoms. The predicted octanol–water partition coefficient (Wildman–Crippen LogP) is 5.93. The molecule has 0 aromatic heterocycles. The molecule has 0 aliphatic rings. The summed E-state index contributed by atoms with van der Waals surface area (Å²) in [6, 6.07) is 0.